The molecule has 7 nitrogen and oxygen atoms in total. The molecule has 1 atom stereocenters. The Morgan fingerprint density at radius 1 is 1.26 bits per heavy atom. The Morgan fingerprint density at radius 3 is 2.61 bits per heavy atom. The van der Waals surface area contributed by atoms with Crippen LogP contribution < -0.4 is 0 Å². The van der Waals surface area contributed by atoms with Gasteiger partial charge in [0.25, 0.3) is 10.0 Å². The predicted molar refractivity (Wildman–Crippen MR) is 83.6 cm³/mol. The minimum atomic E-state index is -3.71. The molecular formula is C15H23N3O4S. The van der Waals surface area contributed by atoms with Crippen molar-refractivity contribution >= 4 is 16.0 Å². The molecule has 1 saturated carbocycles. The molecular weight excluding hydrogens is 318 g/mol. The van der Waals surface area contributed by atoms with Crippen molar-refractivity contribution in [3.63, 3.8) is 0 Å². The summed E-state index contributed by atoms with van der Waals surface area (Å²) in [5, 5.41) is 13.8. The molecule has 2 aliphatic rings. The lowest BCUT2D eigenvalue weighted by atomic mass is 10.0. The van der Waals surface area contributed by atoms with E-state index in [2.05, 4.69) is 5.10 Å². The Morgan fingerprint density at radius 2 is 1.96 bits per heavy atom. The van der Waals surface area contributed by atoms with Gasteiger partial charge in [0.2, 0.25) is 0 Å². The first-order chi connectivity index (χ1) is 10.9. The summed E-state index contributed by atoms with van der Waals surface area (Å²) in [7, 11) is -3.71. The normalized spacial score (nSPS) is 24.1. The van der Waals surface area contributed by atoms with Crippen molar-refractivity contribution < 1.29 is 18.3 Å². The molecule has 2 heterocycles. The molecule has 0 amide bonds. The molecule has 0 bridgehead atoms. The summed E-state index contributed by atoms with van der Waals surface area (Å²) >= 11 is 0. The minimum absolute atomic E-state index is 0.0482. The van der Waals surface area contributed by atoms with Crippen molar-refractivity contribution in [1.29, 1.82) is 0 Å². The third-order valence-electron chi connectivity index (χ3n) is 4.83. The third kappa shape index (κ3) is 3.14. The average molecular weight is 341 g/mol. The molecule has 0 spiro atoms. The number of hydrogen-bond donors (Lipinski definition) is 1. The van der Waals surface area contributed by atoms with Crippen LogP contribution in [0.5, 0.6) is 0 Å². The second kappa shape index (κ2) is 6.24. The minimum Gasteiger partial charge on any atom is -0.481 e. The van der Waals surface area contributed by atoms with E-state index in [1.54, 1.807) is 17.7 Å². The Hall–Kier alpha value is -1.41. The van der Waals surface area contributed by atoms with Crippen molar-refractivity contribution in [2.75, 3.05) is 13.1 Å². The molecule has 1 aromatic heterocycles. The quantitative estimate of drug-likeness (QED) is 0.901. The van der Waals surface area contributed by atoms with Gasteiger partial charge in [0.15, 0.2) is 5.03 Å². The van der Waals surface area contributed by atoms with E-state index in [-0.39, 0.29) is 17.6 Å². The topological polar surface area (TPSA) is 92.5 Å². The number of rotatable bonds is 4. The van der Waals surface area contributed by atoms with E-state index < -0.39 is 21.9 Å². The number of aryl methyl sites for hydroxylation is 1. The molecule has 0 radical (unpaired) electrons. The van der Waals surface area contributed by atoms with Crippen LogP contribution in [-0.4, -0.2) is 46.7 Å². The highest BCUT2D eigenvalue weighted by Gasteiger charge is 2.36. The van der Waals surface area contributed by atoms with Crippen LogP contribution in [0.4, 0.5) is 0 Å². The van der Waals surface area contributed by atoms with E-state index in [1.165, 1.54) is 4.31 Å². The van der Waals surface area contributed by atoms with Gasteiger partial charge in [-0.3, -0.25) is 4.79 Å². The molecule has 0 aromatic carbocycles. The van der Waals surface area contributed by atoms with Crippen molar-refractivity contribution in [3.8, 4) is 0 Å². The Labute approximate surface area is 136 Å². The van der Waals surface area contributed by atoms with Crippen LogP contribution in [0.15, 0.2) is 11.1 Å². The van der Waals surface area contributed by atoms with E-state index in [9.17, 15) is 18.3 Å². The summed E-state index contributed by atoms with van der Waals surface area (Å²) in [6.45, 7) is 2.22. The molecule has 1 N–H and O–H groups in total. The average Bonchev–Trinajstić information content (AvgIpc) is 3.16. The molecule has 1 saturated heterocycles. The zero-order valence-corrected chi connectivity index (χ0v) is 14.1. The zero-order valence-electron chi connectivity index (χ0n) is 13.3. The van der Waals surface area contributed by atoms with Gasteiger partial charge in [-0.25, -0.2) is 13.1 Å². The van der Waals surface area contributed by atoms with Crippen molar-refractivity contribution in [1.82, 2.24) is 14.1 Å². The van der Waals surface area contributed by atoms with E-state index in [0.717, 1.165) is 25.7 Å². The molecule has 1 aliphatic heterocycles. The van der Waals surface area contributed by atoms with Crippen LogP contribution in [0.2, 0.25) is 0 Å². The van der Waals surface area contributed by atoms with Gasteiger partial charge in [-0.05, 0) is 38.7 Å². The zero-order chi connectivity index (χ0) is 16.6. The van der Waals surface area contributed by atoms with E-state index in [4.69, 9.17) is 0 Å². The number of carbonyl (C=O) groups is 1. The molecule has 1 aliphatic carbocycles. The number of aliphatic carboxylic acids is 1. The first-order valence-corrected chi connectivity index (χ1v) is 9.62. The lowest BCUT2D eigenvalue weighted by Gasteiger charge is -2.30. The van der Waals surface area contributed by atoms with Gasteiger partial charge in [-0.2, -0.15) is 9.40 Å². The number of hydrogen-bond acceptors (Lipinski definition) is 4. The maximum atomic E-state index is 13.0. The molecule has 1 aromatic rings. The lowest BCUT2D eigenvalue weighted by Crippen LogP contribution is -2.43. The highest BCUT2D eigenvalue weighted by Crippen LogP contribution is 2.33. The summed E-state index contributed by atoms with van der Waals surface area (Å²) < 4.78 is 29.0. The van der Waals surface area contributed by atoms with Crippen LogP contribution in [0.25, 0.3) is 0 Å². The summed E-state index contributed by atoms with van der Waals surface area (Å²) in [4.78, 5) is 11.2. The number of carboxylic acids is 1. The number of piperidine rings is 1. The van der Waals surface area contributed by atoms with Crippen molar-refractivity contribution in [3.05, 3.63) is 11.8 Å². The lowest BCUT2D eigenvalue weighted by molar-refractivity contribution is -0.142. The third-order valence-corrected chi connectivity index (χ3v) is 6.68. The summed E-state index contributed by atoms with van der Waals surface area (Å²) in [6, 6.07) is 1.74. The van der Waals surface area contributed by atoms with Crippen LogP contribution in [0.3, 0.4) is 0 Å². The Kier molecular flexibility index (Phi) is 4.46. The largest absolute Gasteiger partial charge is 0.481 e. The number of carboxylic acid groups (broad SMARTS) is 1. The monoisotopic (exact) mass is 341 g/mol. The van der Waals surface area contributed by atoms with Crippen LogP contribution in [0, 0.1) is 12.8 Å². The fourth-order valence-electron chi connectivity index (χ4n) is 3.59. The standard InChI is InChI=1S/C15H23N3O4S/c1-11-9-14(18(16-11)13-6-2-3-7-13)23(21,22)17-8-4-5-12(10-17)15(19)20/h9,12-13H,2-8,10H2,1H3,(H,19,20). The Bertz CT molecular complexity index is 692. The molecule has 3 rings (SSSR count). The predicted octanol–water partition coefficient (Wildman–Crippen LogP) is 1.79. The maximum Gasteiger partial charge on any atom is 0.307 e. The molecule has 23 heavy (non-hydrogen) atoms. The highest BCUT2D eigenvalue weighted by atomic mass is 32.2. The smallest absolute Gasteiger partial charge is 0.307 e. The van der Waals surface area contributed by atoms with Crippen LogP contribution in [0.1, 0.15) is 50.3 Å². The highest BCUT2D eigenvalue weighted by molar-refractivity contribution is 7.89. The fourth-order valence-corrected chi connectivity index (χ4v) is 5.35. The van der Waals surface area contributed by atoms with Gasteiger partial charge in [-0.15, -0.1) is 0 Å². The SMILES string of the molecule is Cc1cc(S(=O)(=O)N2CCCC(C(=O)O)C2)n(C2CCCC2)n1. The van der Waals surface area contributed by atoms with Gasteiger partial charge < -0.3 is 5.11 Å². The number of sulfonamides is 1. The van der Waals surface area contributed by atoms with E-state index in [0.29, 0.717) is 25.1 Å². The second-order valence-corrected chi connectivity index (χ2v) is 8.43. The molecule has 128 valence electrons. The van der Waals surface area contributed by atoms with Gasteiger partial charge in [0, 0.05) is 13.1 Å². The van der Waals surface area contributed by atoms with Crippen molar-refractivity contribution in [2.24, 2.45) is 5.92 Å². The summed E-state index contributed by atoms with van der Waals surface area (Å²) in [5.74, 6) is -1.55. The maximum absolute atomic E-state index is 13.0. The van der Waals surface area contributed by atoms with Gasteiger partial charge in [0.05, 0.1) is 17.7 Å². The first-order valence-electron chi connectivity index (χ1n) is 8.18. The number of nitrogens with zero attached hydrogens (tertiary/aromatic N) is 3. The molecule has 8 heteroatoms. The Balaban J connectivity index is 1.92. The van der Waals surface area contributed by atoms with Crippen LogP contribution in [-0.2, 0) is 14.8 Å². The molecule has 2 fully saturated rings. The van der Waals surface area contributed by atoms with Gasteiger partial charge in [-0.1, -0.05) is 12.8 Å². The first kappa shape index (κ1) is 16.4. The van der Waals surface area contributed by atoms with E-state index in [1.807, 2.05) is 0 Å². The van der Waals surface area contributed by atoms with E-state index >= 15 is 0 Å². The van der Waals surface area contributed by atoms with Gasteiger partial charge in [0.1, 0.15) is 0 Å². The molecule has 1 unspecified atom stereocenters. The van der Waals surface area contributed by atoms with Crippen molar-refractivity contribution in [2.45, 2.75) is 56.5 Å². The fraction of sp³-hybridized carbons (Fsp3) is 0.733. The van der Waals surface area contributed by atoms with Gasteiger partial charge >= 0.3 is 5.97 Å². The summed E-state index contributed by atoms with van der Waals surface area (Å²) in [5.41, 5.74) is 0.683. The summed E-state index contributed by atoms with van der Waals surface area (Å²) in [6.07, 6.45) is 5.18. The number of aromatic nitrogens is 2. The van der Waals surface area contributed by atoms with Crippen LogP contribution >= 0.6 is 0 Å². The second-order valence-electron chi connectivity index (χ2n) is 6.55.